The van der Waals surface area contributed by atoms with Gasteiger partial charge in [-0.1, -0.05) is 19.3 Å². The molecule has 0 amide bonds. The van der Waals surface area contributed by atoms with Crippen LogP contribution < -0.4 is 5.73 Å². The van der Waals surface area contributed by atoms with Crippen molar-refractivity contribution in [3.63, 3.8) is 0 Å². The van der Waals surface area contributed by atoms with Gasteiger partial charge in [0.1, 0.15) is 4.90 Å². The van der Waals surface area contributed by atoms with Gasteiger partial charge in [0.05, 0.1) is 6.20 Å². The third-order valence-electron chi connectivity index (χ3n) is 3.58. The second kappa shape index (κ2) is 4.78. The lowest BCUT2D eigenvalue weighted by Gasteiger charge is -2.32. The van der Waals surface area contributed by atoms with Gasteiger partial charge < -0.3 is 5.73 Å². The van der Waals surface area contributed by atoms with E-state index in [2.05, 4.69) is 5.10 Å². The fourth-order valence-electron chi connectivity index (χ4n) is 2.20. The Balaban J connectivity index is 2.05. The zero-order valence-corrected chi connectivity index (χ0v) is 10.9. The van der Waals surface area contributed by atoms with Crippen LogP contribution in [0.3, 0.4) is 0 Å². The Morgan fingerprint density at radius 1 is 1.59 bits per heavy atom. The summed E-state index contributed by atoms with van der Waals surface area (Å²) in [5.74, 6) is 1.10. The molecule has 1 saturated carbocycles. The number of nitrogens with zero attached hydrogens (tertiary/aromatic N) is 2. The summed E-state index contributed by atoms with van der Waals surface area (Å²) in [5, 5.41) is 4.09. The van der Waals surface area contributed by atoms with Crippen LogP contribution in [0.4, 0.5) is 0 Å². The van der Waals surface area contributed by atoms with Gasteiger partial charge in [-0.15, -0.1) is 0 Å². The second-order valence-electron chi connectivity index (χ2n) is 4.86. The summed E-state index contributed by atoms with van der Waals surface area (Å²) >= 11 is 0. The molecule has 0 aromatic carbocycles. The van der Waals surface area contributed by atoms with Crippen molar-refractivity contribution in [2.75, 3.05) is 12.8 Å². The maximum absolute atomic E-state index is 11.3. The molecule has 5 nitrogen and oxygen atoms in total. The fourth-order valence-corrected chi connectivity index (χ4v) is 2.76. The molecule has 1 aromatic rings. The van der Waals surface area contributed by atoms with Crippen LogP contribution in [0, 0.1) is 11.8 Å². The Kier molecular flexibility index (Phi) is 3.53. The summed E-state index contributed by atoms with van der Waals surface area (Å²) in [6.07, 6.45) is 7.96. The van der Waals surface area contributed by atoms with Crippen molar-refractivity contribution in [2.24, 2.45) is 17.6 Å². The third kappa shape index (κ3) is 2.87. The van der Waals surface area contributed by atoms with E-state index in [1.165, 1.54) is 31.7 Å². The van der Waals surface area contributed by atoms with E-state index in [4.69, 9.17) is 5.73 Å². The van der Waals surface area contributed by atoms with Crippen LogP contribution in [0.5, 0.6) is 0 Å². The predicted molar refractivity (Wildman–Crippen MR) is 65.2 cm³/mol. The highest BCUT2D eigenvalue weighted by Crippen LogP contribution is 2.33. The summed E-state index contributed by atoms with van der Waals surface area (Å²) in [6.45, 7) is 1.36. The molecule has 1 aliphatic rings. The van der Waals surface area contributed by atoms with Crippen molar-refractivity contribution in [3.8, 4) is 0 Å². The maximum Gasteiger partial charge on any atom is 0.178 e. The topological polar surface area (TPSA) is 78.0 Å². The quantitative estimate of drug-likeness (QED) is 0.840. The molecule has 0 saturated heterocycles. The Bertz CT molecular complexity index is 477. The third-order valence-corrected chi connectivity index (χ3v) is 4.65. The zero-order chi connectivity index (χ0) is 12.5. The normalized spacial score (nSPS) is 18.9. The molecule has 1 heterocycles. The van der Waals surface area contributed by atoms with Crippen molar-refractivity contribution in [1.82, 2.24) is 9.78 Å². The van der Waals surface area contributed by atoms with Gasteiger partial charge in [0, 0.05) is 19.0 Å². The molecule has 17 heavy (non-hydrogen) atoms. The number of aromatic nitrogens is 2. The lowest BCUT2D eigenvalue weighted by molar-refractivity contribution is 0.186. The number of sulfone groups is 1. The molecular weight excluding hydrogens is 238 g/mol. The Morgan fingerprint density at radius 3 is 2.71 bits per heavy atom. The minimum Gasteiger partial charge on any atom is -0.330 e. The summed E-state index contributed by atoms with van der Waals surface area (Å²) < 4.78 is 24.4. The van der Waals surface area contributed by atoms with Gasteiger partial charge in [0.2, 0.25) is 0 Å². The van der Waals surface area contributed by atoms with Gasteiger partial charge in [-0.25, -0.2) is 8.42 Å². The Hall–Kier alpha value is -0.880. The first-order chi connectivity index (χ1) is 8.00. The average Bonchev–Trinajstić information content (AvgIpc) is 2.61. The number of hydrogen-bond donors (Lipinski definition) is 1. The minimum absolute atomic E-state index is 0.280. The van der Waals surface area contributed by atoms with Gasteiger partial charge in [0.25, 0.3) is 0 Å². The molecular formula is C11H19N3O2S. The molecule has 0 bridgehead atoms. The van der Waals surface area contributed by atoms with Crippen molar-refractivity contribution in [2.45, 2.75) is 30.7 Å². The number of hydrogen-bond acceptors (Lipinski definition) is 4. The van der Waals surface area contributed by atoms with E-state index in [0.717, 1.165) is 6.54 Å². The molecule has 96 valence electrons. The molecule has 0 spiro atoms. The second-order valence-corrected chi connectivity index (χ2v) is 6.87. The van der Waals surface area contributed by atoms with E-state index >= 15 is 0 Å². The molecule has 2 rings (SSSR count). The van der Waals surface area contributed by atoms with Gasteiger partial charge in [-0.2, -0.15) is 5.10 Å². The lowest BCUT2D eigenvalue weighted by atomic mass is 9.76. The zero-order valence-electron chi connectivity index (χ0n) is 10.0. The standard InChI is InChI=1S/C11H19N3O2S/c1-17(15,16)11-6-13-14(8-11)7-10(5-12)9-3-2-4-9/h6,8-10H,2-5,7,12H2,1H3. The van der Waals surface area contributed by atoms with Crippen molar-refractivity contribution in [3.05, 3.63) is 12.4 Å². The van der Waals surface area contributed by atoms with Crippen molar-refractivity contribution < 1.29 is 8.42 Å². The fraction of sp³-hybridized carbons (Fsp3) is 0.727. The molecule has 6 heteroatoms. The van der Waals surface area contributed by atoms with E-state index in [9.17, 15) is 8.42 Å². The highest BCUT2D eigenvalue weighted by molar-refractivity contribution is 7.90. The van der Waals surface area contributed by atoms with E-state index in [1.807, 2.05) is 0 Å². The molecule has 1 fully saturated rings. The van der Waals surface area contributed by atoms with Crippen LogP contribution in [-0.4, -0.2) is 31.0 Å². The predicted octanol–water partition coefficient (Wildman–Crippen LogP) is 0.662. The largest absolute Gasteiger partial charge is 0.330 e. The van der Waals surface area contributed by atoms with E-state index in [1.54, 1.807) is 10.9 Å². The molecule has 1 unspecified atom stereocenters. The summed E-state index contributed by atoms with van der Waals surface area (Å²) in [6, 6.07) is 0. The van der Waals surface area contributed by atoms with Crippen LogP contribution in [0.2, 0.25) is 0 Å². The molecule has 1 atom stereocenters. The Morgan fingerprint density at radius 2 is 2.29 bits per heavy atom. The molecule has 0 aliphatic heterocycles. The van der Waals surface area contributed by atoms with E-state index in [0.29, 0.717) is 18.4 Å². The highest BCUT2D eigenvalue weighted by atomic mass is 32.2. The average molecular weight is 257 g/mol. The van der Waals surface area contributed by atoms with Crippen LogP contribution in [-0.2, 0) is 16.4 Å². The molecule has 0 radical (unpaired) electrons. The van der Waals surface area contributed by atoms with E-state index in [-0.39, 0.29) is 4.90 Å². The first kappa shape index (κ1) is 12.6. The summed E-state index contributed by atoms with van der Waals surface area (Å²) in [4.78, 5) is 0.280. The van der Waals surface area contributed by atoms with Crippen molar-refractivity contribution >= 4 is 9.84 Å². The van der Waals surface area contributed by atoms with Gasteiger partial charge in [-0.3, -0.25) is 4.68 Å². The first-order valence-corrected chi connectivity index (χ1v) is 7.82. The van der Waals surface area contributed by atoms with E-state index < -0.39 is 9.84 Å². The van der Waals surface area contributed by atoms with Crippen LogP contribution in [0.15, 0.2) is 17.3 Å². The van der Waals surface area contributed by atoms with Gasteiger partial charge in [-0.05, 0) is 18.4 Å². The SMILES string of the molecule is CS(=O)(=O)c1cnn(CC(CN)C2CCC2)c1. The van der Waals surface area contributed by atoms with Crippen LogP contribution in [0.25, 0.3) is 0 Å². The molecule has 2 N–H and O–H groups in total. The highest BCUT2D eigenvalue weighted by Gasteiger charge is 2.26. The maximum atomic E-state index is 11.3. The van der Waals surface area contributed by atoms with Crippen molar-refractivity contribution in [1.29, 1.82) is 0 Å². The summed E-state index contributed by atoms with van der Waals surface area (Å²) in [7, 11) is -3.15. The summed E-state index contributed by atoms with van der Waals surface area (Å²) in [5.41, 5.74) is 5.76. The minimum atomic E-state index is -3.15. The monoisotopic (exact) mass is 257 g/mol. The van der Waals surface area contributed by atoms with Crippen LogP contribution >= 0.6 is 0 Å². The number of nitrogens with two attached hydrogens (primary N) is 1. The van der Waals surface area contributed by atoms with Gasteiger partial charge in [0.15, 0.2) is 9.84 Å². The van der Waals surface area contributed by atoms with Gasteiger partial charge >= 0.3 is 0 Å². The smallest absolute Gasteiger partial charge is 0.178 e. The Labute approximate surface area is 102 Å². The van der Waals surface area contributed by atoms with Crippen LogP contribution in [0.1, 0.15) is 19.3 Å². The molecule has 1 aromatic heterocycles. The molecule has 1 aliphatic carbocycles. The lowest BCUT2D eigenvalue weighted by Crippen LogP contribution is -2.32. The first-order valence-electron chi connectivity index (χ1n) is 5.93. The number of rotatable bonds is 5.